The second-order valence-electron chi connectivity index (χ2n) is 6.66. The van der Waals surface area contributed by atoms with Gasteiger partial charge in [0.25, 0.3) is 0 Å². The van der Waals surface area contributed by atoms with E-state index in [9.17, 15) is 4.79 Å². The van der Waals surface area contributed by atoms with Crippen molar-refractivity contribution in [2.75, 3.05) is 19.8 Å². The molecule has 0 aliphatic heterocycles. The highest BCUT2D eigenvalue weighted by Crippen LogP contribution is 2.55. The summed E-state index contributed by atoms with van der Waals surface area (Å²) in [4.78, 5) is 11.9. The normalized spacial score (nSPS) is 39.3. The molecule has 4 aliphatic rings. The molecule has 0 aromatic rings. The van der Waals surface area contributed by atoms with Crippen LogP contribution in [0.3, 0.4) is 0 Å². The van der Waals surface area contributed by atoms with Crippen molar-refractivity contribution >= 4 is 6.09 Å². The Bertz CT molecular complexity index is 307. The third-order valence-electron chi connectivity index (χ3n) is 5.07. The van der Waals surface area contributed by atoms with Gasteiger partial charge in [-0.2, -0.15) is 0 Å². The Kier molecular flexibility index (Phi) is 3.70. The molecule has 1 N–H and O–H groups in total. The van der Waals surface area contributed by atoms with Gasteiger partial charge in [-0.1, -0.05) is 0 Å². The van der Waals surface area contributed by atoms with E-state index in [1.807, 2.05) is 6.92 Å². The fourth-order valence-corrected chi connectivity index (χ4v) is 4.85. The maximum atomic E-state index is 11.9. The lowest BCUT2D eigenvalue weighted by molar-refractivity contribution is -0.0205. The lowest BCUT2D eigenvalue weighted by Gasteiger charge is -2.56. The molecule has 108 valence electrons. The molecule has 1 amide bonds. The Morgan fingerprint density at radius 3 is 2.21 bits per heavy atom. The molecule has 4 saturated carbocycles. The molecule has 4 heteroatoms. The van der Waals surface area contributed by atoms with Crippen LogP contribution in [0.5, 0.6) is 0 Å². The van der Waals surface area contributed by atoms with Gasteiger partial charge in [0.2, 0.25) is 0 Å². The first-order valence-electron chi connectivity index (χ1n) is 7.72. The minimum atomic E-state index is -0.248. The van der Waals surface area contributed by atoms with E-state index in [0.717, 1.165) is 17.8 Å². The smallest absolute Gasteiger partial charge is 0.407 e. The number of amides is 1. The molecule has 4 aliphatic carbocycles. The summed E-state index contributed by atoms with van der Waals surface area (Å²) in [6, 6.07) is 0. The van der Waals surface area contributed by atoms with Crippen LogP contribution in [0, 0.1) is 17.8 Å². The van der Waals surface area contributed by atoms with Crippen molar-refractivity contribution in [3.05, 3.63) is 0 Å². The Morgan fingerprint density at radius 2 is 1.68 bits per heavy atom. The van der Waals surface area contributed by atoms with E-state index < -0.39 is 0 Å². The number of carbonyl (C=O) groups is 1. The zero-order chi connectivity index (χ0) is 13.3. The minimum Gasteiger partial charge on any atom is -0.447 e. The first-order chi connectivity index (χ1) is 9.19. The summed E-state index contributed by atoms with van der Waals surface area (Å²) < 4.78 is 10.4. The molecule has 0 spiro atoms. The summed E-state index contributed by atoms with van der Waals surface area (Å²) in [7, 11) is 0. The van der Waals surface area contributed by atoms with Gasteiger partial charge in [0, 0.05) is 12.1 Å². The quantitative estimate of drug-likeness (QED) is 0.779. The van der Waals surface area contributed by atoms with Crippen molar-refractivity contribution in [1.29, 1.82) is 0 Å². The van der Waals surface area contributed by atoms with Crippen molar-refractivity contribution in [1.82, 2.24) is 5.32 Å². The number of nitrogens with one attached hydrogen (secondary N) is 1. The van der Waals surface area contributed by atoms with Gasteiger partial charge < -0.3 is 14.8 Å². The number of hydrogen-bond acceptors (Lipinski definition) is 3. The predicted molar refractivity (Wildman–Crippen MR) is 71.9 cm³/mol. The molecule has 0 atom stereocenters. The molecular weight excluding hydrogens is 242 g/mol. The van der Waals surface area contributed by atoms with Gasteiger partial charge in [0.05, 0.1) is 6.61 Å². The molecule has 4 fully saturated rings. The van der Waals surface area contributed by atoms with E-state index in [1.165, 1.54) is 38.5 Å². The number of ether oxygens (including phenoxy) is 2. The van der Waals surface area contributed by atoms with Crippen molar-refractivity contribution in [3.63, 3.8) is 0 Å². The molecule has 0 unspecified atom stereocenters. The summed E-state index contributed by atoms with van der Waals surface area (Å²) in [5.74, 6) is 2.53. The van der Waals surface area contributed by atoms with Crippen LogP contribution < -0.4 is 5.32 Å². The number of alkyl carbamates (subject to hydrolysis) is 1. The van der Waals surface area contributed by atoms with Gasteiger partial charge in [-0.15, -0.1) is 0 Å². The SMILES string of the molecule is CCOCCOC(=O)NC12CC3CC(CC(C3)C1)C2. The zero-order valence-corrected chi connectivity index (χ0v) is 11.8. The van der Waals surface area contributed by atoms with Crippen LogP contribution >= 0.6 is 0 Å². The van der Waals surface area contributed by atoms with Crippen LogP contribution in [0.1, 0.15) is 45.4 Å². The number of carbonyl (C=O) groups excluding carboxylic acids is 1. The zero-order valence-electron chi connectivity index (χ0n) is 11.8. The minimum absolute atomic E-state index is 0.0530. The molecule has 0 aromatic carbocycles. The summed E-state index contributed by atoms with van der Waals surface area (Å²) in [5.41, 5.74) is 0.0530. The summed E-state index contributed by atoms with van der Waals surface area (Å²) in [6.07, 6.45) is 7.42. The van der Waals surface area contributed by atoms with Gasteiger partial charge in [0.1, 0.15) is 6.61 Å². The van der Waals surface area contributed by atoms with Gasteiger partial charge in [-0.3, -0.25) is 0 Å². The van der Waals surface area contributed by atoms with Gasteiger partial charge in [0.15, 0.2) is 0 Å². The highest BCUT2D eigenvalue weighted by molar-refractivity contribution is 5.68. The first kappa shape index (κ1) is 13.2. The Balaban J connectivity index is 1.50. The maximum Gasteiger partial charge on any atom is 0.407 e. The monoisotopic (exact) mass is 267 g/mol. The summed E-state index contributed by atoms with van der Waals surface area (Å²) in [5, 5.41) is 3.18. The maximum absolute atomic E-state index is 11.9. The standard InChI is InChI=1S/C15H25NO3/c1-2-18-3-4-19-14(17)16-15-8-11-5-12(9-15)7-13(6-11)10-15/h11-13H,2-10H2,1H3,(H,16,17). The van der Waals surface area contributed by atoms with Gasteiger partial charge >= 0.3 is 6.09 Å². The molecular formula is C15H25NO3. The molecule has 0 saturated heterocycles. The second-order valence-corrected chi connectivity index (χ2v) is 6.66. The Labute approximate surface area is 115 Å². The Morgan fingerprint density at radius 1 is 1.11 bits per heavy atom. The van der Waals surface area contributed by atoms with Gasteiger partial charge in [-0.25, -0.2) is 4.79 Å². The van der Waals surface area contributed by atoms with Crippen LogP contribution in [-0.4, -0.2) is 31.5 Å². The van der Waals surface area contributed by atoms with Crippen LogP contribution in [-0.2, 0) is 9.47 Å². The Hall–Kier alpha value is -0.770. The third kappa shape index (κ3) is 2.88. The average molecular weight is 267 g/mol. The fraction of sp³-hybridized carbons (Fsp3) is 0.933. The third-order valence-corrected chi connectivity index (χ3v) is 5.07. The topological polar surface area (TPSA) is 47.6 Å². The predicted octanol–water partition coefficient (Wildman–Crippen LogP) is 2.72. The van der Waals surface area contributed by atoms with E-state index in [0.29, 0.717) is 19.8 Å². The van der Waals surface area contributed by atoms with Crippen LogP contribution in [0.2, 0.25) is 0 Å². The lowest BCUT2D eigenvalue weighted by Crippen LogP contribution is -2.59. The molecule has 4 nitrogen and oxygen atoms in total. The molecule has 19 heavy (non-hydrogen) atoms. The van der Waals surface area contributed by atoms with Crippen LogP contribution in [0.15, 0.2) is 0 Å². The van der Waals surface area contributed by atoms with Crippen LogP contribution in [0.4, 0.5) is 4.79 Å². The largest absolute Gasteiger partial charge is 0.447 e. The molecule has 0 heterocycles. The summed E-state index contributed by atoms with van der Waals surface area (Å²) >= 11 is 0. The second kappa shape index (κ2) is 5.31. The first-order valence-corrected chi connectivity index (χ1v) is 7.72. The molecule has 4 rings (SSSR count). The van der Waals surface area contributed by atoms with Gasteiger partial charge in [-0.05, 0) is 63.2 Å². The van der Waals surface area contributed by atoms with E-state index in [1.54, 1.807) is 0 Å². The van der Waals surface area contributed by atoms with E-state index >= 15 is 0 Å². The van der Waals surface area contributed by atoms with Crippen molar-refractivity contribution in [2.24, 2.45) is 17.8 Å². The van der Waals surface area contributed by atoms with Crippen LogP contribution in [0.25, 0.3) is 0 Å². The highest BCUT2D eigenvalue weighted by atomic mass is 16.6. The van der Waals surface area contributed by atoms with E-state index in [2.05, 4.69) is 5.32 Å². The molecule has 0 radical (unpaired) electrons. The summed E-state index contributed by atoms with van der Waals surface area (Å²) in [6.45, 7) is 3.45. The lowest BCUT2D eigenvalue weighted by atomic mass is 9.53. The molecule has 4 bridgehead atoms. The fourth-order valence-electron chi connectivity index (χ4n) is 4.85. The van der Waals surface area contributed by atoms with E-state index in [4.69, 9.17) is 9.47 Å². The van der Waals surface area contributed by atoms with Crippen molar-refractivity contribution in [2.45, 2.75) is 51.0 Å². The average Bonchev–Trinajstić information content (AvgIpc) is 2.32. The molecule has 0 aromatic heterocycles. The van der Waals surface area contributed by atoms with E-state index in [-0.39, 0.29) is 11.6 Å². The van der Waals surface area contributed by atoms with Crippen molar-refractivity contribution < 1.29 is 14.3 Å². The highest BCUT2D eigenvalue weighted by Gasteiger charge is 2.51. The number of hydrogen-bond donors (Lipinski definition) is 1. The number of rotatable bonds is 5. The van der Waals surface area contributed by atoms with Crippen molar-refractivity contribution in [3.8, 4) is 0 Å².